The van der Waals surface area contributed by atoms with Crippen LogP contribution in [0, 0.1) is 11.8 Å². The van der Waals surface area contributed by atoms with Gasteiger partial charge in [0.1, 0.15) is 6.04 Å². The molecular formula is C13H20N4O3. The minimum absolute atomic E-state index is 0.0846. The van der Waals surface area contributed by atoms with Gasteiger partial charge in [-0.25, -0.2) is 4.79 Å². The molecule has 7 nitrogen and oxygen atoms in total. The first-order chi connectivity index (χ1) is 9.54. The Morgan fingerprint density at radius 1 is 1.15 bits per heavy atom. The summed E-state index contributed by atoms with van der Waals surface area (Å²) in [6, 6.07) is -0.983. The van der Waals surface area contributed by atoms with Crippen LogP contribution in [0.5, 0.6) is 0 Å². The lowest BCUT2D eigenvalue weighted by molar-refractivity contribution is -0.135. The van der Waals surface area contributed by atoms with E-state index < -0.39 is 12.1 Å². The fourth-order valence-corrected chi connectivity index (χ4v) is 3.58. The standard InChI is InChI=1S/C13H20N4O3/c14-11-7-1-2-8(11)6-17(5-7)12(19)9-3-4-10(18)16-13(20)15-9/h7-9,11H,1-6,14H2,(H2,15,16,18,20)/t7-,8+,9-,11?/m1/s1. The Kier molecular flexibility index (Phi) is 3.37. The number of likely N-dealkylation sites (tertiary alicyclic amines) is 1. The second-order valence-corrected chi connectivity index (χ2v) is 6.03. The lowest BCUT2D eigenvalue weighted by Crippen LogP contribution is -2.56. The monoisotopic (exact) mass is 280 g/mol. The molecule has 4 N–H and O–H groups in total. The highest BCUT2D eigenvalue weighted by atomic mass is 16.2. The average Bonchev–Trinajstić information content (AvgIpc) is 2.61. The van der Waals surface area contributed by atoms with E-state index in [1.54, 1.807) is 0 Å². The van der Waals surface area contributed by atoms with Gasteiger partial charge in [-0.15, -0.1) is 0 Å². The molecule has 0 radical (unpaired) electrons. The predicted molar refractivity (Wildman–Crippen MR) is 70.5 cm³/mol. The number of nitrogens with zero attached hydrogens (tertiary/aromatic N) is 1. The molecule has 2 bridgehead atoms. The van der Waals surface area contributed by atoms with E-state index in [-0.39, 0.29) is 24.3 Å². The summed E-state index contributed by atoms with van der Waals surface area (Å²) in [6.07, 6.45) is 2.70. The van der Waals surface area contributed by atoms with E-state index in [1.165, 1.54) is 0 Å². The number of nitrogens with one attached hydrogen (secondary N) is 2. The van der Waals surface area contributed by atoms with E-state index in [1.807, 2.05) is 4.90 Å². The van der Waals surface area contributed by atoms with Crippen molar-refractivity contribution in [3.05, 3.63) is 0 Å². The summed E-state index contributed by atoms with van der Waals surface area (Å²) in [5.74, 6) is 0.329. The number of imide groups is 1. The van der Waals surface area contributed by atoms with Crippen LogP contribution in [0.3, 0.4) is 0 Å². The number of hydrogen-bond donors (Lipinski definition) is 3. The maximum absolute atomic E-state index is 12.5. The molecule has 3 fully saturated rings. The number of piperidine rings is 1. The summed E-state index contributed by atoms with van der Waals surface area (Å²) in [7, 11) is 0. The number of carbonyl (C=O) groups is 3. The number of nitrogens with two attached hydrogens (primary N) is 1. The van der Waals surface area contributed by atoms with Crippen LogP contribution in [0.4, 0.5) is 4.79 Å². The zero-order valence-electron chi connectivity index (χ0n) is 11.3. The van der Waals surface area contributed by atoms with Crippen LogP contribution >= 0.6 is 0 Å². The molecule has 1 aliphatic carbocycles. The van der Waals surface area contributed by atoms with Gasteiger partial charge in [-0.1, -0.05) is 0 Å². The third-order valence-corrected chi connectivity index (χ3v) is 4.73. The third kappa shape index (κ3) is 2.37. The van der Waals surface area contributed by atoms with E-state index in [2.05, 4.69) is 10.6 Å². The normalized spacial score (nSPS) is 37.1. The number of rotatable bonds is 1. The zero-order valence-corrected chi connectivity index (χ0v) is 11.3. The van der Waals surface area contributed by atoms with Crippen molar-refractivity contribution in [2.45, 2.75) is 37.8 Å². The zero-order chi connectivity index (χ0) is 14.3. The minimum Gasteiger partial charge on any atom is -0.340 e. The minimum atomic E-state index is -0.602. The van der Waals surface area contributed by atoms with Gasteiger partial charge in [0, 0.05) is 25.6 Å². The van der Waals surface area contributed by atoms with Crippen LogP contribution in [-0.2, 0) is 9.59 Å². The molecule has 0 aromatic rings. The maximum atomic E-state index is 12.5. The van der Waals surface area contributed by atoms with Gasteiger partial charge >= 0.3 is 6.03 Å². The summed E-state index contributed by atoms with van der Waals surface area (Å²) < 4.78 is 0. The number of fused-ring (bicyclic) bond motifs is 2. The summed E-state index contributed by atoms with van der Waals surface area (Å²) >= 11 is 0. The van der Waals surface area contributed by atoms with E-state index in [4.69, 9.17) is 5.73 Å². The number of urea groups is 1. The lowest BCUT2D eigenvalue weighted by atomic mass is 9.92. The quantitative estimate of drug-likeness (QED) is 0.583. The van der Waals surface area contributed by atoms with Gasteiger partial charge in [0.05, 0.1) is 0 Å². The Morgan fingerprint density at radius 3 is 2.45 bits per heavy atom. The van der Waals surface area contributed by atoms with Crippen molar-refractivity contribution in [3.8, 4) is 0 Å². The van der Waals surface area contributed by atoms with Gasteiger partial charge < -0.3 is 16.0 Å². The molecule has 20 heavy (non-hydrogen) atoms. The van der Waals surface area contributed by atoms with Crippen molar-refractivity contribution in [2.24, 2.45) is 17.6 Å². The van der Waals surface area contributed by atoms with Gasteiger partial charge in [0.25, 0.3) is 0 Å². The lowest BCUT2D eigenvalue weighted by Gasteiger charge is -2.37. The van der Waals surface area contributed by atoms with Crippen LogP contribution in [0.25, 0.3) is 0 Å². The van der Waals surface area contributed by atoms with Gasteiger partial charge in [0.2, 0.25) is 11.8 Å². The third-order valence-electron chi connectivity index (χ3n) is 4.73. The molecule has 2 heterocycles. The average molecular weight is 280 g/mol. The first-order valence-corrected chi connectivity index (χ1v) is 7.19. The van der Waals surface area contributed by atoms with Crippen LogP contribution in [-0.4, -0.2) is 47.9 Å². The van der Waals surface area contributed by atoms with Crippen LogP contribution in [0.2, 0.25) is 0 Å². The van der Waals surface area contributed by atoms with E-state index in [0.29, 0.717) is 31.3 Å². The second kappa shape index (κ2) is 5.05. The van der Waals surface area contributed by atoms with Gasteiger partial charge in [-0.05, 0) is 31.1 Å². The summed E-state index contributed by atoms with van der Waals surface area (Å²) in [5.41, 5.74) is 6.13. The summed E-state index contributed by atoms with van der Waals surface area (Å²) in [6.45, 7) is 1.34. The van der Waals surface area contributed by atoms with E-state index in [9.17, 15) is 14.4 Å². The van der Waals surface area contributed by atoms with Crippen molar-refractivity contribution >= 4 is 17.8 Å². The molecule has 2 aliphatic heterocycles. The van der Waals surface area contributed by atoms with Crippen molar-refractivity contribution in [1.82, 2.24) is 15.5 Å². The molecule has 1 unspecified atom stereocenters. The largest absolute Gasteiger partial charge is 0.340 e. The van der Waals surface area contributed by atoms with Crippen molar-refractivity contribution in [3.63, 3.8) is 0 Å². The fraction of sp³-hybridized carbons (Fsp3) is 0.769. The molecule has 110 valence electrons. The molecule has 2 saturated heterocycles. The highest BCUT2D eigenvalue weighted by Crippen LogP contribution is 2.35. The van der Waals surface area contributed by atoms with Crippen LogP contribution in [0.1, 0.15) is 25.7 Å². The molecule has 4 amide bonds. The van der Waals surface area contributed by atoms with Crippen LogP contribution in [0.15, 0.2) is 0 Å². The second-order valence-electron chi connectivity index (χ2n) is 6.03. The Bertz CT molecular complexity index is 439. The summed E-state index contributed by atoms with van der Waals surface area (Å²) in [5, 5.41) is 4.76. The molecule has 0 aromatic heterocycles. The maximum Gasteiger partial charge on any atom is 0.322 e. The molecule has 1 saturated carbocycles. The highest BCUT2D eigenvalue weighted by Gasteiger charge is 2.42. The van der Waals surface area contributed by atoms with E-state index in [0.717, 1.165) is 12.8 Å². The Hall–Kier alpha value is -1.63. The van der Waals surface area contributed by atoms with Crippen molar-refractivity contribution < 1.29 is 14.4 Å². The van der Waals surface area contributed by atoms with Crippen molar-refractivity contribution in [2.75, 3.05) is 13.1 Å². The molecule has 4 atom stereocenters. The first kappa shape index (κ1) is 13.4. The SMILES string of the molecule is NC1[C@@H]2CC[C@H]1CN(C(=O)[C@H]1CCC(=O)NC(=O)N1)C2. The Morgan fingerprint density at radius 2 is 1.80 bits per heavy atom. The smallest absolute Gasteiger partial charge is 0.322 e. The molecular weight excluding hydrogens is 260 g/mol. The Balaban J connectivity index is 1.67. The summed E-state index contributed by atoms with van der Waals surface area (Å²) in [4.78, 5) is 37.1. The molecule has 3 rings (SSSR count). The first-order valence-electron chi connectivity index (χ1n) is 7.19. The highest BCUT2D eigenvalue weighted by molar-refractivity contribution is 5.98. The fourth-order valence-electron chi connectivity index (χ4n) is 3.58. The topological polar surface area (TPSA) is 105 Å². The van der Waals surface area contributed by atoms with Crippen molar-refractivity contribution in [1.29, 1.82) is 0 Å². The molecule has 7 heteroatoms. The number of amides is 4. The number of hydrogen-bond acceptors (Lipinski definition) is 4. The van der Waals surface area contributed by atoms with Gasteiger partial charge in [0.15, 0.2) is 0 Å². The molecule has 3 aliphatic rings. The van der Waals surface area contributed by atoms with E-state index >= 15 is 0 Å². The van der Waals surface area contributed by atoms with Gasteiger partial charge in [-0.3, -0.25) is 14.9 Å². The number of carbonyl (C=O) groups excluding carboxylic acids is 3. The molecule has 0 spiro atoms. The van der Waals surface area contributed by atoms with Crippen LogP contribution < -0.4 is 16.4 Å². The Labute approximate surface area is 117 Å². The predicted octanol–water partition coefficient (Wildman–Crippen LogP) is -0.830. The van der Waals surface area contributed by atoms with Gasteiger partial charge in [-0.2, -0.15) is 0 Å². The molecule has 0 aromatic carbocycles.